The van der Waals surface area contributed by atoms with Crippen molar-refractivity contribution in [3.8, 4) is 11.1 Å². The molecule has 2 fully saturated rings. The number of nitrogens with one attached hydrogen (secondary N) is 2. The van der Waals surface area contributed by atoms with Gasteiger partial charge in [-0.3, -0.25) is 14.8 Å². The first-order chi connectivity index (χ1) is 26.7. The number of amides is 1. The largest absolute Gasteiger partial charge is 0.476 e. The number of likely N-dealkylation sites (N-methyl/N-ethyl adjacent to an activating group) is 1. The summed E-state index contributed by atoms with van der Waals surface area (Å²) in [5, 5.41) is 22.2. The van der Waals surface area contributed by atoms with Crippen LogP contribution < -0.4 is 15.5 Å². The Hall–Kier alpha value is -4.65. The Labute approximate surface area is 332 Å². The Kier molecular flexibility index (Phi) is 9.82. The summed E-state index contributed by atoms with van der Waals surface area (Å²) in [6.45, 7) is 14.9. The molecule has 5 aromatic rings. The standard InChI is InChI=1S/C44H53N7O4S/c1-28-32(20-46-51(28)27-44-23-41(2,3)22-42(4,25-44)24-43(5,26-44)55-19-17-45-6)30-14-15-36(48-37(30)39(53)54)50-18-16-29-10-9-11-31(33(29)21-50)38(52)49-40-47-34-12-7-8-13-35(34)56-40/h7-15,20,45H,16-19,21-27H2,1-6H3,(H,53,54)(H,47,49,52). The molecular formula is C44H53N7O4S. The van der Waals surface area contributed by atoms with Crippen molar-refractivity contribution < 1.29 is 19.4 Å². The first-order valence-electron chi connectivity index (χ1n) is 19.8. The molecule has 11 nitrogen and oxygen atoms in total. The first kappa shape index (κ1) is 38.2. The van der Waals surface area contributed by atoms with Gasteiger partial charge in [0.15, 0.2) is 10.8 Å². The normalized spacial score (nSPS) is 24.2. The maximum absolute atomic E-state index is 13.6. The Balaban J connectivity index is 1.05. The van der Waals surface area contributed by atoms with E-state index in [1.807, 2.05) is 62.5 Å². The molecule has 3 N–H and O–H groups in total. The predicted molar refractivity (Wildman–Crippen MR) is 222 cm³/mol. The van der Waals surface area contributed by atoms with E-state index in [1.54, 1.807) is 6.20 Å². The molecule has 0 saturated heterocycles. The highest BCUT2D eigenvalue weighted by Crippen LogP contribution is 2.64. The van der Waals surface area contributed by atoms with Crippen molar-refractivity contribution in [2.45, 2.75) is 91.8 Å². The van der Waals surface area contributed by atoms with Crippen LogP contribution in [0.5, 0.6) is 0 Å². The number of anilines is 2. The van der Waals surface area contributed by atoms with Gasteiger partial charge in [0, 0.05) is 48.6 Å². The average Bonchev–Trinajstić information content (AvgIpc) is 3.70. The summed E-state index contributed by atoms with van der Waals surface area (Å²) in [6.07, 6.45) is 7.86. The molecule has 3 aliphatic rings. The van der Waals surface area contributed by atoms with Crippen LogP contribution in [0.1, 0.15) is 97.5 Å². The number of carboxylic acids is 1. The molecule has 4 heterocycles. The van der Waals surface area contributed by atoms with Crippen molar-refractivity contribution in [2.75, 3.05) is 37.0 Å². The van der Waals surface area contributed by atoms with E-state index < -0.39 is 5.97 Å². The lowest BCUT2D eigenvalue weighted by Crippen LogP contribution is -2.56. The molecule has 3 unspecified atom stereocenters. The van der Waals surface area contributed by atoms with Crippen LogP contribution in [-0.2, 0) is 24.2 Å². The number of fused-ring (bicyclic) bond motifs is 4. The van der Waals surface area contributed by atoms with E-state index in [9.17, 15) is 14.7 Å². The number of pyridine rings is 1. The van der Waals surface area contributed by atoms with Crippen molar-refractivity contribution in [3.63, 3.8) is 0 Å². The first-order valence-corrected chi connectivity index (χ1v) is 20.6. The minimum atomic E-state index is -1.09. The van der Waals surface area contributed by atoms with Crippen LogP contribution in [0, 0.1) is 23.2 Å². The number of carbonyl (C=O) groups is 2. The maximum atomic E-state index is 13.6. The summed E-state index contributed by atoms with van der Waals surface area (Å²) >= 11 is 1.44. The number of ether oxygens (including phenoxy) is 1. The van der Waals surface area contributed by atoms with E-state index in [4.69, 9.17) is 14.8 Å². The second-order valence-corrected chi connectivity index (χ2v) is 19.0. The second-order valence-electron chi connectivity index (χ2n) is 18.0. The van der Waals surface area contributed by atoms with E-state index >= 15 is 0 Å². The molecule has 2 aliphatic carbocycles. The van der Waals surface area contributed by atoms with Gasteiger partial charge in [-0.15, -0.1) is 0 Å². The van der Waals surface area contributed by atoms with Gasteiger partial charge >= 0.3 is 5.97 Å². The van der Waals surface area contributed by atoms with Gasteiger partial charge in [-0.25, -0.2) is 14.8 Å². The number of thiazole rings is 1. The number of aromatic carboxylic acids is 1. The van der Waals surface area contributed by atoms with Crippen molar-refractivity contribution in [1.82, 2.24) is 25.1 Å². The lowest BCUT2D eigenvalue weighted by molar-refractivity contribution is -0.174. The summed E-state index contributed by atoms with van der Waals surface area (Å²) < 4.78 is 9.74. The number of carboxylic acid groups (broad SMARTS) is 1. The minimum absolute atomic E-state index is 0.00877. The SMILES string of the molecule is CNCCOC1(C)CC2(C)CC(C)(C)CC(Cn3ncc(-c4ccc(N5CCc6cccc(C(=O)Nc7nc8ccccc8s7)c6C5)nc4C(=O)O)c3C)(C2)C1. The monoisotopic (exact) mass is 775 g/mol. The summed E-state index contributed by atoms with van der Waals surface area (Å²) in [4.78, 5) is 37.9. The van der Waals surface area contributed by atoms with Crippen LogP contribution in [0.15, 0.2) is 60.8 Å². The van der Waals surface area contributed by atoms with Crippen LogP contribution >= 0.6 is 11.3 Å². The van der Waals surface area contributed by atoms with E-state index in [2.05, 4.69) is 59.0 Å². The number of rotatable bonds is 11. The molecule has 8 rings (SSSR count). The molecule has 0 radical (unpaired) electrons. The fourth-order valence-electron chi connectivity index (χ4n) is 11.2. The van der Waals surface area contributed by atoms with Gasteiger partial charge in [0.1, 0.15) is 5.82 Å². The van der Waals surface area contributed by atoms with Crippen molar-refractivity contribution in [1.29, 1.82) is 0 Å². The molecule has 2 saturated carbocycles. The van der Waals surface area contributed by atoms with Gasteiger partial charge in [-0.2, -0.15) is 5.10 Å². The Morgan fingerprint density at radius 2 is 1.77 bits per heavy atom. The zero-order valence-electron chi connectivity index (χ0n) is 33.4. The maximum Gasteiger partial charge on any atom is 0.355 e. The summed E-state index contributed by atoms with van der Waals surface area (Å²) in [6, 6.07) is 17.4. The van der Waals surface area contributed by atoms with Crippen LogP contribution in [0.25, 0.3) is 21.3 Å². The quantitative estimate of drug-likeness (QED) is 0.113. The van der Waals surface area contributed by atoms with Gasteiger partial charge in [-0.1, -0.05) is 56.4 Å². The number of hydrogen-bond acceptors (Lipinski definition) is 9. The number of aromatic nitrogens is 4. The smallest absolute Gasteiger partial charge is 0.355 e. The Bertz CT molecular complexity index is 2280. The molecule has 12 heteroatoms. The molecule has 3 atom stereocenters. The van der Waals surface area contributed by atoms with Crippen LogP contribution in [0.4, 0.5) is 10.9 Å². The second kappa shape index (κ2) is 14.4. The zero-order chi connectivity index (χ0) is 39.5. The van der Waals surface area contributed by atoms with Crippen LogP contribution in [-0.4, -0.2) is 69.1 Å². The molecule has 1 amide bonds. The molecule has 2 bridgehead atoms. The molecule has 56 heavy (non-hydrogen) atoms. The molecular weight excluding hydrogens is 723 g/mol. The summed E-state index contributed by atoms with van der Waals surface area (Å²) in [5.74, 6) is -0.747. The van der Waals surface area contributed by atoms with E-state index in [0.717, 1.165) is 77.8 Å². The summed E-state index contributed by atoms with van der Waals surface area (Å²) in [7, 11) is 1.96. The number of hydrogen-bond donors (Lipinski definition) is 3. The summed E-state index contributed by atoms with van der Waals surface area (Å²) in [5.41, 5.74) is 5.79. The Morgan fingerprint density at radius 1 is 0.946 bits per heavy atom. The number of carbonyl (C=O) groups excluding carboxylic acids is 1. The van der Waals surface area contributed by atoms with Crippen LogP contribution in [0.2, 0.25) is 0 Å². The predicted octanol–water partition coefficient (Wildman–Crippen LogP) is 8.37. The average molecular weight is 776 g/mol. The lowest BCUT2D eigenvalue weighted by atomic mass is 9.46. The third-order valence-corrected chi connectivity index (χ3v) is 13.2. The number of nitrogens with zero attached hydrogens (tertiary/aromatic N) is 5. The van der Waals surface area contributed by atoms with E-state index in [0.29, 0.717) is 48.2 Å². The van der Waals surface area contributed by atoms with Gasteiger partial charge in [0.25, 0.3) is 5.91 Å². The van der Waals surface area contributed by atoms with Gasteiger partial charge < -0.3 is 20.1 Å². The fourth-order valence-corrected chi connectivity index (χ4v) is 12.1. The molecule has 2 aromatic carbocycles. The topological polar surface area (TPSA) is 134 Å². The minimum Gasteiger partial charge on any atom is -0.476 e. The molecule has 3 aromatic heterocycles. The molecule has 0 spiro atoms. The fraction of sp³-hybridized carbons (Fsp3) is 0.477. The highest BCUT2D eigenvalue weighted by atomic mass is 32.1. The van der Waals surface area contributed by atoms with Crippen molar-refractivity contribution in [3.05, 3.63) is 88.9 Å². The zero-order valence-corrected chi connectivity index (χ0v) is 34.2. The third-order valence-electron chi connectivity index (χ3n) is 12.2. The van der Waals surface area contributed by atoms with Gasteiger partial charge in [0.2, 0.25) is 0 Å². The van der Waals surface area contributed by atoms with E-state index in [1.165, 1.54) is 11.3 Å². The number of para-hydroxylation sites is 1. The van der Waals surface area contributed by atoms with Crippen molar-refractivity contribution in [2.24, 2.45) is 16.2 Å². The van der Waals surface area contributed by atoms with Crippen LogP contribution in [0.3, 0.4) is 0 Å². The van der Waals surface area contributed by atoms with Gasteiger partial charge in [0.05, 0.1) is 28.6 Å². The van der Waals surface area contributed by atoms with Crippen molar-refractivity contribution >= 4 is 44.4 Å². The Morgan fingerprint density at radius 3 is 2.55 bits per heavy atom. The highest BCUT2D eigenvalue weighted by Gasteiger charge is 2.58. The number of benzene rings is 2. The molecule has 294 valence electrons. The lowest BCUT2D eigenvalue weighted by Gasteiger charge is -2.61. The molecule has 1 aliphatic heterocycles. The third kappa shape index (κ3) is 7.46. The van der Waals surface area contributed by atoms with E-state index in [-0.39, 0.29) is 33.4 Å². The van der Waals surface area contributed by atoms with Gasteiger partial charge in [-0.05, 0) is 117 Å². The highest BCUT2D eigenvalue weighted by molar-refractivity contribution is 7.22.